The molecule has 0 bridgehead atoms. The van der Waals surface area contributed by atoms with Crippen LogP contribution in [0.15, 0.2) is 17.1 Å². The number of halogens is 1. The number of nitrogen functional groups attached to an aromatic ring is 1. The first kappa shape index (κ1) is 12.5. The Balaban J connectivity index is 2.32. The van der Waals surface area contributed by atoms with Gasteiger partial charge in [0, 0.05) is 0 Å². The number of anilines is 1. The number of aliphatic hydroxyl groups excluding tert-OH is 2. The van der Waals surface area contributed by atoms with Gasteiger partial charge in [-0.05, 0) is 0 Å². The molecule has 94 valence electrons. The molecule has 1 unspecified atom stereocenters. The van der Waals surface area contributed by atoms with Crippen LogP contribution in [0, 0.1) is 0 Å². The molecule has 8 heteroatoms. The fraction of sp³-hybridized carbons (Fsp3) is 0.556. The monoisotopic (exact) mass is 309 g/mol. The second kappa shape index (κ2) is 4.73. The summed E-state index contributed by atoms with van der Waals surface area (Å²) >= 11 is -0.408. The van der Waals surface area contributed by atoms with Gasteiger partial charge in [-0.2, -0.15) is 0 Å². The van der Waals surface area contributed by atoms with Gasteiger partial charge in [-0.1, -0.05) is 0 Å². The Morgan fingerprint density at radius 2 is 2.35 bits per heavy atom. The average molecular weight is 308 g/mol. The van der Waals surface area contributed by atoms with Crippen molar-refractivity contribution < 1.29 is 14.6 Å². The van der Waals surface area contributed by atoms with Crippen LogP contribution >= 0.6 is 0 Å². The van der Waals surface area contributed by atoms with Crippen molar-refractivity contribution in [2.75, 3.05) is 12.3 Å². The molecule has 6 nitrogen and oxygen atoms in total. The van der Waals surface area contributed by atoms with E-state index < -0.39 is 42.7 Å². The van der Waals surface area contributed by atoms with Gasteiger partial charge in [-0.3, -0.25) is 0 Å². The van der Waals surface area contributed by atoms with Gasteiger partial charge >= 0.3 is 102 Å². The summed E-state index contributed by atoms with van der Waals surface area (Å²) in [5.41, 5.74) is 4.71. The van der Waals surface area contributed by atoms with Gasteiger partial charge < -0.3 is 0 Å². The molecule has 0 amide bonds. The first-order valence-electron chi connectivity index (χ1n) is 4.97. The molecule has 4 atom stereocenters. The number of alkyl halides is 1. The van der Waals surface area contributed by atoms with Crippen LogP contribution in [0.2, 0.25) is 4.82 Å². The van der Waals surface area contributed by atoms with Crippen molar-refractivity contribution >= 4 is 20.8 Å². The van der Waals surface area contributed by atoms with E-state index in [2.05, 4.69) is 4.98 Å². The molecule has 1 aromatic heterocycles. The second-order valence-corrected chi connectivity index (χ2v) is 6.58. The maximum atomic E-state index is 13.8. The predicted octanol–water partition coefficient (Wildman–Crippen LogP) is -1.48. The molecule has 2 rings (SSSR count). The third kappa shape index (κ3) is 2.21. The summed E-state index contributed by atoms with van der Waals surface area (Å²) in [5, 5.41) is 18.6. The van der Waals surface area contributed by atoms with Gasteiger partial charge in [-0.25, -0.2) is 0 Å². The molecule has 0 spiro atoms. The van der Waals surface area contributed by atoms with E-state index in [9.17, 15) is 14.3 Å². The first-order chi connectivity index (χ1) is 8.04. The van der Waals surface area contributed by atoms with Crippen molar-refractivity contribution in [3.63, 3.8) is 0 Å². The van der Waals surface area contributed by atoms with Crippen LogP contribution in [0.5, 0.6) is 0 Å². The Kier molecular flexibility index (Phi) is 3.48. The van der Waals surface area contributed by atoms with Crippen molar-refractivity contribution in [3.05, 3.63) is 22.7 Å². The Morgan fingerprint density at radius 1 is 1.65 bits per heavy atom. The van der Waals surface area contributed by atoms with Crippen molar-refractivity contribution in [2.45, 2.75) is 22.0 Å². The van der Waals surface area contributed by atoms with Gasteiger partial charge in [0.2, 0.25) is 0 Å². The number of hydrogen-bond acceptors (Lipinski definition) is 5. The van der Waals surface area contributed by atoms with Crippen LogP contribution < -0.4 is 11.4 Å². The maximum absolute atomic E-state index is 13.8. The molecule has 1 aromatic rings. The zero-order chi connectivity index (χ0) is 12.6. The van der Waals surface area contributed by atoms with Gasteiger partial charge in [0.15, 0.2) is 0 Å². The summed E-state index contributed by atoms with van der Waals surface area (Å²) in [6.45, 7) is -0.283. The Hall–Kier alpha value is -0.951. The number of aromatic nitrogens is 2. The zero-order valence-electron chi connectivity index (χ0n) is 8.73. The molecular formula is C9H12FN3O3Se. The van der Waals surface area contributed by atoms with Crippen LogP contribution in [0.4, 0.5) is 10.2 Å². The SMILES string of the molecule is Nc1ccn([C@@H]2[Se][C@H](CO)[C@@H](O)C2F)c(=O)n1. The molecule has 1 aliphatic rings. The zero-order valence-corrected chi connectivity index (χ0v) is 10.4. The molecule has 4 N–H and O–H groups in total. The summed E-state index contributed by atoms with van der Waals surface area (Å²) in [6, 6.07) is 1.41. The second-order valence-electron chi connectivity index (χ2n) is 3.72. The number of rotatable bonds is 2. The standard InChI is InChI=1S/C9H12FN3O3Se/c10-6-7(15)4(3-14)17-8(6)13-2-1-5(11)12-9(13)16/h1-2,4,6-8,14-15H,3H2,(H2,11,12,16)/t4-,6?,7-,8-/m1/s1. The van der Waals surface area contributed by atoms with E-state index in [1.54, 1.807) is 0 Å². The molecule has 1 aliphatic heterocycles. The van der Waals surface area contributed by atoms with Crippen LogP contribution in [0.25, 0.3) is 0 Å². The van der Waals surface area contributed by atoms with Crippen LogP contribution in [0.1, 0.15) is 4.94 Å². The van der Waals surface area contributed by atoms with Crippen LogP contribution in [-0.2, 0) is 0 Å². The molecule has 0 aromatic carbocycles. The summed E-state index contributed by atoms with van der Waals surface area (Å²) in [5.74, 6) is 0.0754. The quantitative estimate of drug-likeness (QED) is 0.579. The predicted molar refractivity (Wildman–Crippen MR) is 59.4 cm³/mol. The minimum absolute atomic E-state index is 0.0754. The Labute approximate surface area is 102 Å². The van der Waals surface area contributed by atoms with E-state index in [-0.39, 0.29) is 12.4 Å². The van der Waals surface area contributed by atoms with Gasteiger partial charge in [0.1, 0.15) is 0 Å². The summed E-state index contributed by atoms with van der Waals surface area (Å²) < 4.78 is 15.0. The molecule has 0 saturated carbocycles. The molecule has 17 heavy (non-hydrogen) atoms. The van der Waals surface area contributed by atoms with Crippen molar-refractivity contribution in [3.8, 4) is 0 Å². The van der Waals surface area contributed by atoms with Gasteiger partial charge in [-0.15, -0.1) is 0 Å². The third-order valence-corrected chi connectivity index (χ3v) is 5.84. The van der Waals surface area contributed by atoms with Crippen LogP contribution in [0.3, 0.4) is 0 Å². The van der Waals surface area contributed by atoms with Crippen molar-refractivity contribution in [1.82, 2.24) is 9.55 Å². The van der Waals surface area contributed by atoms with Gasteiger partial charge in [0.25, 0.3) is 0 Å². The normalized spacial score (nSPS) is 32.9. The van der Waals surface area contributed by atoms with E-state index in [0.29, 0.717) is 0 Å². The van der Waals surface area contributed by atoms with E-state index >= 15 is 0 Å². The first-order valence-corrected chi connectivity index (χ1v) is 6.95. The molecule has 0 radical (unpaired) electrons. The fourth-order valence-corrected chi connectivity index (χ4v) is 4.55. The molecule has 1 saturated heterocycles. The van der Waals surface area contributed by atoms with Crippen molar-refractivity contribution in [2.24, 2.45) is 0 Å². The number of aliphatic hydroxyl groups is 2. The Morgan fingerprint density at radius 3 is 2.88 bits per heavy atom. The topological polar surface area (TPSA) is 101 Å². The number of nitrogens with two attached hydrogens (primary N) is 1. The third-order valence-electron chi connectivity index (χ3n) is 2.60. The van der Waals surface area contributed by atoms with E-state index in [1.807, 2.05) is 0 Å². The summed E-state index contributed by atoms with van der Waals surface area (Å²) in [4.78, 5) is 13.8. The Bertz CT molecular complexity index is 469. The van der Waals surface area contributed by atoms with E-state index in [0.717, 1.165) is 4.57 Å². The number of nitrogens with zero attached hydrogens (tertiary/aromatic N) is 2. The molecule has 1 fully saturated rings. The average Bonchev–Trinajstić information content (AvgIpc) is 2.57. The summed E-state index contributed by atoms with van der Waals surface area (Å²) in [6.07, 6.45) is -1.42. The molecule has 2 heterocycles. The van der Waals surface area contributed by atoms with E-state index in [1.165, 1.54) is 12.3 Å². The van der Waals surface area contributed by atoms with Crippen LogP contribution in [-0.4, -0.2) is 53.6 Å². The van der Waals surface area contributed by atoms with E-state index in [4.69, 9.17) is 10.8 Å². The fourth-order valence-electron chi connectivity index (χ4n) is 1.70. The van der Waals surface area contributed by atoms with Gasteiger partial charge in [0.05, 0.1) is 0 Å². The molecule has 0 aliphatic carbocycles. The number of hydrogen-bond donors (Lipinski definition) is 3. The minimum atomic E-state index is -1.56. The molecular weight excluding hydrogens is 296 g/mol. The van der Waals surface area contributed by atoms with Crippen molar-refractivity contribution in [1.29, 1.82) is 0 Å². The summed E-state index contributed by atoms with van der Waals surface area (Å²) in [7, 11) is 0.